The lowest BCUT2D eigenvalue weighted by molar-refractivity contribution is 0.0172. The lowest BCUT2D eigenvalue weighted by Crippen LogP contribution is -2.58. The van der Waals surface area contributed by atoms with E-state index in [-0.39, 0.29) is 18.1 Å². The standard InChI is InChI=1S/C15H23F2N3/c1-15(2)10-20(7-6-19(15)3)14(9-18)12-8-11(16)4-5-13(12)17/h4-5,8,14H,6-7,9-10,18H2,1-3H3. The summed E-state index contributed by atoms with van der Waals surface area (Å²) in [6, 6.07) is 3.30. The predicted molar refractivity (Wildman–Crippen MR) is 76.4 cm³/mol. The molecule has 0 amide bonds. The summed E-state index contributed by atoms with van der Waals surface area (Å²) in [5.41, 5.74) is 6.18. The van der Waals surface area contributed by atoms with Gasteiger partial charge < -0.3 is 5.73 Å². The number of nitrogens with two attached hydrogens (primary N) is 1. The average molecular weight is 283 g/mol. The van der Waals surface area contributed by atoms with Crippen LogP contribution in [0.4, 0.5) is 8.78 Å². The molecule has 0 spiro atoms. The predicted octanol–water partition coefficient (Wildman–Crippen LogP) is 1.99. The third-order valence-electron chi connectivity index (χ3n) is 4.33. The molecular weight excluding hydrogens is 260 g/mol. The van der Waals surface area contributed by atoms with E-state index in [4.69, 9.17) is 5.73 Å². The van der Waals surface area contributed by atoms with Gasteiger partial charge in [0, 0.05) is 37.3 Å². The van der Waals surface area contributed by atoms with Crippen molar-refractivity contribution < 1.29 is 8.78 Å². The van der Waals surface area contributed by atoms with Gasteiger partial charge in [-0.2, -0.15) is 0 Å². The SMILES string of the molecule is CN1CCN(C(CN)c2cc(F)ccc2F)CC1(C)C. The Hall–Kier alpha value is -1.04. The first-order chi connectivity index (χ1) is 9.35. The Morgan fingerprint density at radius 3 is 2.60 bits per heavy atom. The van der Waals surface area contributed by atoms with Crippen molar-refractivity contribution in [3.63, 3.8) is 0 Å². The molecule has 1 aliphatic rings. The minimum Gasteiger partial charge on any atom is -0.329 e. The van der Waals surface area contributed by atoms with Crippen LogP contribution in [0.1, 0.15) is 25.5 Å². The van der Waals surface area contributed by atoms with Crippen LogP contribution in [0, 0.1) is 11.6 Å². The van der Waals surface area contributed by atoms with Gasteiger partial charge >= 0.3 is 0 Å². The molecule has 1 aromatic carbocycles. The van der Waals surface area contributed by atoms with Gasteiger partial charge in [0.1, 0.15) is 11.6 Å². The molecular formula is C15H23F2N3. The summed E-state index contributed by atoms with van der Waals surface area (Å²) in [6.45, 7) is 7.04. The fraction of sp³-hybridized carbons (Fsp3) is 0.600. The van der Waals surface area contributed by atoms with Crippen LogP contribution in [0.15, 0.2) is 18.2 Å². The van der Waals surface area contributed by atoms with Crippen molar-refractivity contribution in [1.29, 1.82) is 0 Å². The molecule has 1 saturated heterocycles. The van der Waals surface area contributed by atoms with Crippen LogP contribution in [-0.2, 0) is 0 Å². The van der Waals surface area contributed by atoms with E-state index in [1.54, 1.807) is 0 Å². The summed E-state index contributed by atoms with van der Waals surface area (Å²) in [6.07, 6.45) is 0. The lowest BCUT2D eigenvalue weighted by Gasteiger charge is -2.48. The van der Waals surface area contributed by atoms with Crippen molar-refractivity contribution in [2.45, 2.75) is 25.4 Å². The van der Waals surface area contributed by atoms with Crippen molar-refractivity contribution in [2.24, 2.45) is 5.73 Å². The van der Waals surface area contributed by atoms with Crippen molar-refractivity contribution in [1.82, 2.24) is 9.80 Å². The van der Waals surface area contributed by atoms with Crippen LogP contribution < -0.4 is 5.73 Å². The molecule has 20 heavy (non-hydrogen) atoms. The van der Waals surface area contributed by atoms with Gasteiger partial charge in [-0.15, -0.1) is 0 Å². The zero-order valence-electron chi connectivity index (χ0n) is 12.4. The molecule has 0 saturated carbocycles. The molecule has 1 atom stereocenters. The summed E-state index contributed by atoms with van der Waals surface area (Å²) in [5, 5.41) is 0. The van der Waals surface area contributed by atoms with Gasteiger partial charge in [-0.05, 0) is 39.1 Å². The number of benzene rings is 1. The maximum atomic E-state index is 14.0. The highest BCUT2D eigenvalue weighted by molar-refractivity contribution is 5.23. The van der Waals surface area contributed by atoms with Crippen molar-refractivity contribution in [3.05, 3.63) is 35.4 Å². The molecule has 0 aromatic heterocycles. The molecule has 1 aromatic rings. The van der Waals surface area contributed by atoms with Crippen LogP contribution in [0.2, 0.25) is 0 Å². The second-order valence-corrected chi connectivity index (χ2v) is 6.12. The largest absolute Gasteiger partial charge is 0.329 e. The summed E-state index contributed by atoms with van der Waals surface area (Å²) >= 11 is 0. The van der Waals surface area contributed by atoms with Crippen LogP contribution in [0.3, 0.4) is 0 Å². The minimum absolute atomic E-state index is 0.00449. The van der Waals surface area contributed by atoms with Crippen molar-refractivity contribution >= 4 is 0 Å². The molecule has 112 valence electrons. The quantitative estimate of drug-likeness (QED) is 0.921. The molecule has 2 rings (SSSR count). The lowest BCUT2D eigenvalue weighted by atomic mass is 9.96. The highest BCUT2D eigenvalue weighted by atomic mass is 19.1. The van der Waals surface area contributed by atoms with Crippen LogP contribution in [0.25, 0.3) is 0 Å². The minimum atomic E-state index is -0.423. The van der Waals surface area contributed by atoms with E-state index in [0.717, 1.165) is 25.7 Å². The maximum absolute atomic E-state index is 14.0. The van der Waals surface area contributed by atoms with Gasteiger partial charge in [0.05, 0.1) is 6.04 Å². The van der Waals surface area contributed by atoms with Crippen LogP contribution in [0.5, 0.6) is 0 Å². The maximum Gasteiger partial charge on any atom is 0.128 e. The zero-order chi connectivity index (χ0) is 14.9. The molecule has 1 unspecified atom stereocenters. The first-order valence-corrected chi connectivity index (χ1v) is 6.95. The Balaban J connectivity index is 2.26. The van der Waals surface area contributed by atoms with Crippen molar-refractivity contribution in [3.8, 4) is 0 Å². The first-order valence-electron chi connectivity index (χ1n) is 6.95. The zero-order valence-corrected chi connectivity index (χ0v) is 12.4. The number of hydrogen-bond donors (Lipinski definition) is 1. The Morgan fingerprint density at radius 2 is 2.00 bits per heavy atom. The fourth-order valence-electron chi connectivity index (χ4n) is 2.79. The smallest absolute Gasteiger partial charge is 0.128 e. The number of rotatable bonds is 3. The van der Waals surface area contributed by atoms with Gasteiger partial charge in [-0.1, -0.05) is 0 Å². The summed E-state index contributed by atoms with van der Waals surface area (Å²) < 4.78 is 27.4. The average Bonchev–Trinajstić information content (AvgIpc) is 2.38. The summed E-state index contributed by atoms with van der Waals surface area (Å²) in [7, 11) is 2.08. The molecule has 2 N–H and O–H groups in total. The van der Waals surface area contributed by atoms with E-state index < -0.39 is 11.6 Å². The highest BCUT2D eigenvalue weighted by Gasteiger charge is 2.35. The third-order valence-corrected chi connectivity index (χ3v) is 4.33. The second kappa shape index (κ2) is 5.76. The van der Waals surface area contributed by atoms with Crippen LogP contribution in [-0.4, -0.2) is 48.6 Å². The van der Waals surface area contributed by atoms with E-state index >= 15 is 0 Å². The van der Waals surface area contributed by atoms with E-state index in [9.17, 15) is 8.78 Å². The Bertz CT molecular complexity index is 476. The molecule has 0 bridgehead atoms. The molecule has 1 aliphatic heterocycles. The van der Waals surface area contributed by atoms with Gasteiger partial charge in [0.2, 0.25) is 0 Å². The number of hydrogen-bond acceptors (Lipinski definition) is 3. The Labute approximate surface area is 119 Å². The van der Waals surface area contributed by atoms with Crippen molar-refractivity contribution in [2.75, 3.05) is 33.2 Å². The van der Waals surface area contributed by atoms with Gasteiger partial charge in [-0.3, -0.25) is 9.80 Å². The molecule has 0 radical (unpaired) electrons. The molecule has 3 nitrogen and oxygen atoms in total. The number of piperazine rings is 1. The van der Waals surface area contributed by atoms with Gasteiger partial charge in [0.15, 0.2) is 0 Å². The summed E-state index contributed by atoms with van der Waals surface area (Å²) in [4.78, 5) is 4.43. The van der Waals surface area contributed by atoms with E-state index in [1.165, 1.54) is 12.1 Å². The third kappa shape index (κ3) is 3.00. The van der Waals surface area contributed by atoms with Crippen LogP contribution >= 0.6 is 0 Å². The Kier molecular flexibility index (Phi) is 4.42. The highest BCUT2D eigenvalue weighted by Crippen LogP contribution is 2.28. The molecule has 0 aliphatic carbocycles. The molecule has 1 heterocycles. The normalized spacial score (nSPS) is 21.9. The molecule has 5 heteroatoms. The first kappa shape index (κ1) is 15.4. The number of halogens is 2. The van der Waals surface area contributed by atoms with E-state index in [0.29, 0.717) is 5.56 Å². The number of nitrogens with zero attached hydrogens (tertiary/aromatic N) is 2. The van der Waals surface area contributed by atoms with E-state index in [1.807, 2.05) is 0 Å². The van der Waals surface area contributed by atoms with E-state index in [2.05, 4.69) is 30.7 Å². The van der Waals surface area contributed by atoms with Gasteiger partial charge in [0.25, 0.3) is 0 Å². The Morgan fingerprint density at radius 1 is 1.30 bits per heavy atom. The number of likely N-dealkylation sites (N-methyl/N-ethyl adjacent to an activating group) is 1. The van der Waals surface area contributed by atoms with Gasteiger partial charge in [-0.25, -0.2) is 8.78 Å². The molecule has 1 fully saturated rings. The fourth-order valence-corrected chi connectivity index (χ4v) is 2.79. The monoisotopic (exact) mass is 283 g/mol. The second-order valence-electron chi connectivity index (χ2n) is 6.12. The summed E-state index contributed by atoms with van der Waals surface area (Å²) in [5.74, 6) is -0.813. The topological polar surface area (TPSA) is 32.5 Å².